The molecule has 5 nitrogen and oxygen atoms in total. The predicted molar refractivity (Wildman–Crippen MR) is 80.1 cm³/mol. The van der Waals surface area contributed by atoms with E-state index in [-0.39, 0.29) is 5.91 Å². The maximum Gasteiger partial charge on any atom is 0.241 e. The molecule has 114 valence electrons. The van der Waals surface area contributed by atoms with Crippen LogP contribution in [0.25, 0.3) is 0 Å². The lowest BCUT2D eigenvalue weighted by Crippen LogP contribution is -2.48. The van der Waals surface area contributed by atoms with Crippen molar-refractivity contribution in [2.75, 3.05) is 19.3 Å². The molecule has 21 heavy (non-hydrogen) atoms. The van der Waals surface area contributed by atoms with Crippen LogP contribution >= 0.6 is 0 Å². The third-order valence-corrected chi connectivity index (χ3v) is 5.65. The van der Waals surface area contributed by atoms with Crippen LogP contribution in [0.3, 0.4) is 0 Å². The number of hydrogen-bond donors (Lipinski definition) is 0. The van der Waals surface area contributed by atoms with Gasteiger partial charge in [0.1, 0.15) is 6.04 Å². The third kappa shape index (κ3) is 2.82. The first kappa shape index (κ1) is 14.5. The molecule has 2 heterocycles. The SMILES string of the molecule is CS(=O)(=O)N1CCCC1C(=O)N1CCc2ccccc2C1. The van der Waals surface area contributed by atoms with E-state index in [0.717, 1.165) is 12.8 Å². The highest BCUT2D eigenvalue weighted by Crippen LogP contribution is 2.25. The van der Waals surface area contributed by atoms with Crippen molar-refractivity contribution in [3.05, 3.63) is 35.4 Å². The van der Waals surface area contributed by atoms with Crippen LogP contribution in [0.1, 0.15) is 24.0 Å². The van der Waals surface area contributed by atoms with Gasteiger partial charge in [-0.15, -0.1) is 0 Å². The first-order chi connectivity index (χ1) is 9.97. The van der Waals surface area contributed by atoms with Gasteiger partial charge in [-0.3, -0.25) is 4.79 Å². The van der Waals surface area contributed by atoms with Gasteiger partial charge < -0.3 is 4.90 Å². The molecular formula is C15H20N2O3S. The summed E-state index contributed by atoms with van der Waals surface area (Å²) in [5.41, 5.74) is 2.45. The van der Waals surface area contributed by atoms with Gasteiger partial charge in [-0.25, -0.2) is 8.42 Å². The molecule has 1 amide bonds. The molecule has 1 unspecified atom stereocenters. The molecule has 1 aromatic rings. The number of amides is 1. The fourth-order valence-electron chi connectivity index (χ4n) is 3.28. The Bertz CT molecular complexity index is 657. The monoisotopic (exact) mass is 308 g/mol. The third-order valence-electron chi connectivity index (χ3n) is 4.36. The van der Waals surface area contributed by atoms with Crippen molar-refractivity contribution >= 4 is 15.9 Å². The van der Waals surface area contributed by atoms with E-state index in [4.69, 9.17) is 0 Å². The molecule has 1 saturated heterocycles. The van der Waals surface area contributed by atoms with Gasteiger partial charge in [0.05, 0.1) is 6.26 Å². The average Bonchev–Trinajstić information content (AvgIpc) is 2.95. The van der Waals surface area contributed by atoms with Crippen LogP contribution in [0.4, 0.5) is 0 Å². The predicted octanol–water partition coefficient (Wildman–Crippen LogP) is 0.995. The molecule has 1 fully saturated rings. The highest BCUT2D eigenvalue weighted by atomic mass is 32.2. The zero-order chi connectivity index (χ0) is 15.0. The summed E-state index contributed by atoms with van der Waals surface area (Å²) in [4.78, 5) is 14.5. The molecule has 1 aromatic carbocycles. The van der Waals surface area contributed by atoms with Gasteiger partial charge >= 0.3 is 0 Å². The van der Waals surface area contributed by atoms with E-state index < -0.39 is 16.1 Å². The highest BCUT2D eigenvalue weighted by molar-refractivity contribution is 7.88. The van der Waals surface area contributed by atoms with E-state index in [0.29, 0.717) is 26.1 Å². The lowest BCUT2D eigenvalue weighted by Gasteiger charge is -2.32. The average molecular weight is 308 g/mol. The lowest BCUT2D eigenvalue weighted by molar-refractivity contribution is -0.135. The van der Waals surface area contributed by atoms with E-state index in [1.807, 2.05) is 18.2 Å². The first-order valence-corrected chi connectivity index (χ1v) is 9.14. The number of benzene rings is 1. The maximum absolute atomic E-state index is 12.7. The Morgan fingerprint density at radius 3 is 2.62 bits per heavy atom. The molecule has 0 radical (unpaired) electrons. The van der Waals surface area contributed by atoms with Crippen molar-refractivity contribution in [3.63, 3.8) is 0 Å². The number of sulfonamides is 1. The summed E-state index contributed by atoms with van der Waals surface area (Å²) < 4.78 is 24.9. The second-order valence-electron chi connectivity index (χ2n) is 5.81. The molecule has 0 spiro atoms. The standard InChI is InChI=1S/C15H20N2O3S/c1-21(19,20)17-9-4-7-14(17)15(18)16-10-8-12-5-2-3-6-13(12)11-16/h2-3,5-6,14H,4,7-11H2,1H3. The van der Waals surface area contributed by atoms with Crippen LogP contribution in [-0.4, -0.2) is 48.9 Å². The highest BCUT2D eigenvalue weighted by Gasteiger charge is 2.39. The van der Waals surface area contributed by atoms with Crippen LogP contribution < -0.4 is 0 Å². The second kappa shape index (κ2) is 5.42. The number of nitrogens with zero attached hydrogens (tertiary/aromatic N) is 2. The van der Waals surface area contributed by atoms with Gasteiger partial charge in [0, 0.05) is 19.6 Å². The summed E-state index contributed by atoms with van der Waals surface area (Å²) in [6.07, 6.45) is 3.41. The molecular weight excluding hydrogens is 288 g/mol. The number of carbonyl (C=O) groups excluding carboxylic acids is 1. The smallest absolute Gasteiger partial charge is 0.241 e. The zero-order valence-electron chi connectivity index (χ0n) is 12.2. The van der Waals surface area contributed by atoms with Gasteiger partial charge in [0.15, 0.2) is 0 Å². The van der Waals surface area contributed by atoms with Crippen LogP contribution in [0.15, 0.2) is 24.3 Å². The molecule has 2 aliphatic rings. The van der Waals surface area contributed by atoms with Crippen molar-refractivity contribution in [1.82, 2.24) is 9.21 Å². The Kier molecular flexibility index (Phi) is 3.75. The molecule has 0 aliphatic carbocycles. The van der Waals surface area contributed by atoms with Gasteiger partial charge in [-0.05, 0) is 30.4 Å². The molecule has 0 N–H and O–H groups in total. The Balaban J connectivity index is 1.78. The fourth-order valence-corrected chi connectivity index (χ4v) is 4.40. The Labute approximate surface area is 125 Å². The van der Waals surface area contributed by atoms with E-state index in [2.05, 4.69) is 6.07 Å². The van der Waals surface area contributed by atoms with Crippen LogP contribution in [0, 0.1) is 0 Å². The number of hydrogen-bond acceptors (Lipinski definition) is 3. The molecule has 0 saturated carbocycles. The Morgan fingerprint density at radius 2 is 1.90 bits per heavy atom. The summed E-state index contributed by atoms with van der Waals surface area (Å²) in [6, 6.07) is 7.61. The topological polar surface area (TPSA) is 57.7 Å². The zero-order valence-corrected chi connectivity index (χ0v) is 13.0. The largest absolute Gasteiger partial charge is 0.337 e. The van der Waals surface area contributed by atoms with E-state index in [9.17, 15) is 13.2 Å². The Morgan fingerprint density at radius 1 is 1.19 bits per heavy atom. The summed E-state index contributed by atoms with van der Waals surface area (Å²) in [7, 11) is -3.31. The molecule has 0 aromatic heterocycles. The minimum absolute atomic E-state index is 0.0487. The van der Waals surface area contributed by atoms with E-state index in [1.54, 1.807) is 4.90 Å². The summed E-state index contributed by atoms with van der Waals surface area (Å²) in [5, 5.41) is 0. The Hall–Kier alpha value is -1.40. The van der Waals surface area contributed by atoms with Crippen molar-refractivity contribution < 1.29 is 13.2 Å². The molecule has 0 bridgehead atoms. The van der Waals surface area contributed by atoms with Crippen LogP contribution in [0.2, 0.25) is 0 Å². The van der Waals surface area contributed by atoms with Crippen molar-refractivity contribution in [3.8, 4) is 0 Å². The summed E-state index contributed by atoms with van der Waals surface area (Å²) in [6.45, 7) is 1.72. The van der Waals surface area contributed by atoms with Gasteiger partial charge in [0.25, 0.3) is 0 Å². The minimum atomic E-state index is -3.31. The first-order valence-electron chi connectivity index (χ1n) is 7.29. The number of fused-ring (bicyclic) bond motifs is 1. The molecule has 1 atom stereocenters. The minimum Gasteiger partial charge on any atom is -0.337 e. The lowest BCUT2D eigenvalue weighted by atomic mass is 9.99. The molecule has 2 aliphatic heterocycles. The van der Waals surface area contributed by atoms with Crippen LogP contribution in [-0.2, 0) is 27.8 Å². The number of carbonyl (C=O) groups is 1. The van der Waals surface area contributed by atoms with Crippen molar-refractivity contribution in [2.24, 2.45) is 0 Å². The van der Waals surface area contributed by atoms with E-state index in [1.165, 1.54) is 21.7 Å². The van der Waals surface area contributed by atoms with Gasteiger partial charge in [-0.2, -0.15) is 4.31 Å². The summed E-state index contributed by atoms with van der Waals surface area (Å²) >= 11 is 0. The van der Waals surface area contributed by atoms with Gasteiger partial charge in [-0.1, -0.05) is 24.3 Å². The van der Waals surface area contributed by atoms with E-state index >= 15 is 0 Å². The summed E-state index contributed by atoms with van der Waals surface area (Å²) in [5.74, 6) is -0.0487. The fraction of sp³-hybridized carbons (Fsp3) is 0.533. The normalized spacial score (nSPS) is 23.1. The second-order valence-corrected chi connectivity index (χ2v) is 7.75. The number of rotatable bonds is 2. The van der Waals surface area contributed by atoms with Crippen molar-refractivity contribution in [2.45, 2.75) is 31.8 Å². The maximum atomic E-state index is 12.7. The van der Waals surface area contributed by atoms with Crippen LogP contribution in [0.5, 0.6) is 0 Å². The van der Waals surface area contributed by atoms with Gasteiger partial charge in [0.2, 0.25) is 15.9 Å². The molecule has 3 rings (SSSR count). The van der Waals surface area contributed by atoms with Crippen molar-refractivity contribution in [1.29, 1.82) is 0 Å². The molecule has 6 heteroatoms. The quantitative estimate of drug-likeness (QED) is 0.819.